The second kappa shape index (κ2) is 6.36. The van der Waals surface area contributed by atoms with Gasteiger partial charge in [-0.25, -0.2) is 0 Å². The molecule has 0 aliphatic rings. The average molecular weight is 319 g/mol. The summed E-state index contributed by atoms with van der Waals surface area (Å²) in [5.74, 6) is 0. The molecule has 0 aromatic heterocycles. The first-order valence-corrected chi connectivity index (χ1v) is 7.46. The normalized spacial score (nSPS) is 14.1. The molecule has 0 bridgehead atoms. The lowest BCUT2D eigenvalue weighted by molar-refractivity contribution is 0.0236. The molecule has 0 spiro atoms. The van der Waals surface area contributed by atoms with Crippen molar-refractivity contribution in [3.8, 4) is 0 Å². The third-order valence-corrected chi connectivity index (χ3v) is 4.11. The summed E-state index contributed by atoms with van der Waals surface area (Å²) < 4.78 is 1.01. The highest BCUT2D eigenvalue weighted by Gasteiger charge is 2.26. The largest absolute Gasteiger partial charge is 0.385 e. The van der Waals surface area contributed by atoms with Crippen molar-refractivity contribution in [1.29, 1.82) is 0 Å². The SMILES string of the molecule is CCC(O)(CCc1ccccc1)c1cccc(Br)c1. The Morgan fingerprint density at radius 2 is 1.79 bits per heavy atom. The molecule has 2 heteroatoms. The molecule has 0 saturated heterocycles. The van der Waals surface area contributed by atoms with Crippen LogP contribution in [0.1, 0.15) is 30.9 Å². The zero-order valence-electron chi connectivity index (χ0n) is 11.1. The Balaban J connectivity index is 2.14. The maximum absolute atomic E-state index is 10.9. The zero-order chi connectivity index (χ0) is 13.7. The number of benzene rings is 2. The van der Waals surface area contributed by atoms with Crippen molar-refractivity contribution in [2.45, 2.75) is 31.8 Å². The molecule has 0 aliphatic carbocycles. The van der Waals surface area contributed by atoms with Gasteiger partial charge < -0.3 is 5.11 Å². The van der Waals surface area contributed by atoms with Crippen LogP contribution in [0.15, 0.2) is 59.1 Å². The van der Waals surface area contributed by atoms with Gasteiger partial charge in [0.2, 0.25) is 0 Å². The average Bonchev–Trinajstić information content (AvgIpc) is 2.46. The molecule has 100 valence electrons. The molecule has 1 unspecified atom stereocenters. The number of hydrogen-bond donors (Lipinski definition) is 1. The van der Waals surface area contributed by atoms with Crippen molar-refractivity contribution in [3.63, 3.8) is 0 Å². The topological polar surface area (TPSA) is 20.2 Å². The first-order valence-electron chi connectivity index (χ1n) is 6.66. The number of aliphatic hydroxyl groups is 1. The van der Waals surface area contributed by atoms with Crippen LogP contribution in [0.4, 0.5) is 0 Å². The molecule has 2 aromatic rings. The van der Waals surface area contributed by atoms with Crippen molar-refractivity contribution >= 4 is 15.9 Å². The third-order valence-electron chi connectivity index (χ3n) is 3.62. The van der Waals surface area contributed by atoms with Crippen molar-refractivity contribution in [2.24, 2.45) is 0 Å². The molecule has 0 aliphatic heterocycles. The van der Waals surface area contributed by atoms with Crippen molar-refractivity contribution < 1.29 is 5.11 Å². The van der Waals surface area contributed by atoms with Gasteiger partial charge in [0.1, 0.15) is 0 Å². The van der Waals surface area contributed by atoms with Crippen LogP contribution in [-0.4, -0.2) is 5.11 Å². The van der Waals surface area contributed by atoms with Gasteiger partial charge in [-0.3, -0.25) is 0 Å². The fourth-order valence-corrected chi connectivity index (χ4v) is 2.70. The molecular weight excluding hydrogens is 300 g/mol. The van der Waals surface area contributed by atoms with E-state index in [0.717, 1.165) is 29.3 Å². The van der Waals surface area contributed by atoms with Crippen LogP contribution < -0.4 is 0 Å². The molecule has 2 aromatic carbocycles. The minimum Gasteiger partial charge on any atom is -0.385 e. The number of aryl methyl sites for hydroxylation is 1. The van der Waals surface area contributed by atoms with E-state index in [1.807, 2.05) is 49.4 Å². The van der Waals surface area contributed by atoms with E-state index >= 15 is 0 Å². The zero-order valence-corrected chi connectivity index (χ0v) is 12.7. The lowest BCUT2D eigenvalue weighted by Gasteiger charge is -2.27. The summed E-state index contributed by atoms with van der Waals surface area (Å²) in [6.45, 7) is 2.03. The van der Waals surface area contributed by atoms with Crippen molar-refractivity contribution in [1.82, 2.24) is 0 Å². The molecular formula is C17H19BrO. The third kappa shape index (κ3) is 3.68. The van der Waals surface area contributed by atoms with Crippen molar-refractivity contribution in [2.75, 3.05) is 0 Å². The Kier molecular flexibility index (Phi) is 4.78. The van der Waals surface area contributed by atoms with Gasteiger partial charge in [-0.1, -0.05) is 65.3 Å². The van der Waals surface area contributed by atoms with Crippen molar-refractivity contribution in [3.05, 3.63) is 70.2 Å². The first-order chi connectivity index (χ1) is 9.14. The highest BCUT2D eigenvalue weighted by molar-refractivity contribution is 9.10. The maximum atomic E-state index is 10.9. The van der Waals surface area contributed by atoms with E-state index in [9.17, 15) is 5.11 Å². The molecule has 0 fully saturated rings. The molecule has 0 radical (unpaired) electrons. The molecule has 2 rings (SSSR count). The molecule has 1 nitrogen and oxygen atoms in total. The Morgan fingerprint density at radius 1 is 1.05 bits per heavy atom. The monoisotopic (exact) mass is 318 g/mol. The Bertz CT molecular complexity index is 524. The summed E-state index contributed by atoms with van der Waals surface area (Å²) in [5.41, 5.74) is 1.50. The number of hydrogen-bond acceptors (Lipinski definition) is 1. The van der Waals surface area contributed by atoms with E-state index in [4.69, 9.17) is 0 Å². The Morgan fingerprint density at radius 3 is 2.42 bits per heavy atom. The number of halogens is 1. The standard InChI is InChI=1S/C17H19BrO/c1-2-17(19,15-9-6-10-16(18)13-15)12-11-14-7-4-3-5-8-14/h3-10,13,19H,2,11-12H2,1H3. The fourth-order valence-electron chi connectivity index (χ4n) is 2.30. The quantitative estimate of drug-likeness (QED) is 0.848. The fraction of sp³-hybridized carbons (Fsp3) is 0.294. The van der Waals surface area contributed by atoms with Gasteiger partial charge in [0.05, 0.1) is 5.60 Å². The summed E-state index contributed by atoms with van der Waals surface area (Å²) in [4.78, 5) is 0. The molecule has 0 amide bonds. The highest BCUT2D eigenvalue weighted by atomic mass is 79.9. The second-order valence-electron chi connectivity index (χ2n) is 4.88. The van der Waals surface area contributed by atoms with E-state index in [0.29, 0.717) is 0 Å². The van der Waals surface area contributed by atoms with E-state index in [1.165, 1.54) is 5.56 Å². The van der Waals surface area contributed by atoms with Crippen LogP contribution in [0.3, 0.4) is 0 Å². The van der Waals surface area contributed by atoms with Gasteiger partial charge in [0, 0.05) is 4.47 Å². The summed E-state index contributed by atoms with van der Waals surface area (Å²) in [6.07, 6.45) is 2.35. The lowest BCUT2D eigenvalue weighted by atomic mass is 9.85. The predicted octanol–water partition coefficient (Wildman–Crippen LogP) is 4.68. The summed E-state index contributed by atoms with van der Waals surface area (Å²) in [5, 5.41) is 10.9. The highest BCUT2D eigenvalue weighted by Crippen LogP contribution is 2.31. The lowest BCUT2D eigenvalue weighted by Crippen LogP contribution is -2.25. The van der Waals surface area contributed by atoms with Gasteiger partial charge in [0.25, 0.3) is 0 Å². The van der Waals surface area contributed by atoms with E-state index in [-0.39, 0.29) is 0 Å². The van der Waals surface area contributed by atoms with Gasteiger partial charge in [-0.2, -0.15) is 0 Å². The Hall–Kier alpha value is -1.12. The maximum Gasteiger partial charge on any atom is 0.0897 e. The summed E-state index contributed by atoms with van der Waals surface area (Å²) in [7, 11) is 0. The van der Waals surface area contributed by atoms with Crippen LogP contribution in [0.25, 0.3) is 0 Å². The van der Waals surface area contributed by atoms with E-state index in [2.05, 4.69) is 28.1 Å². The van der Waals surface area contributed by atoms with Gasteiger partial charge in [-0.15, -0.1) is 0 Å². The minimum absolute atomic E-state index is 0.719. The molecule has 19 heavy (non-hydrogen) atoms. The van der Waals surface area contributed by atoms with E-state index < -0.39 is 5.60 Å². The van der Waals surface area contributed by atoms with E-state index in [1.54, 1.807) is 0 Å². The van der Waals surface area contributed by atoms with Crippen LogP contribution in [0.5, 0.6) is 0 Å². The minimum atomic E-state index is -0.750. The van der Waals surface area contributed by atoms with Gasteiger partial charge in [-0.05, 0) is 42.5 Å². The first kappa shape index (κ1) is 14.3. The predicted molar refractivity (Wildman–Crippen MR) is 83.1 cm³/mol. The smallest absolute Gasteiger partial charge is 0.0897 e. The van der Waals surface area contributed by atoms with Crippen LogP contribution in [0, 0.1) is 0 Å². The second-order valence-corrected chi connectivity index (χ2v) is 5.80. The van der Waals surface area contributed by atoms with Gasteiger partial charge in [0.15, 0.2) is 0 Å². The summed E-state index contributed by atoms with van der Waals surface area (Å²) >= 11 is 3.47. The van der Waals surface area contributed by atoms with Crippen LogP contribution in [0.2, 0.25) is 0 Å². The Labute approximate surface area is 123 Å². The van der Waals surface area contributed by atoms with Crippen LogP contribution in [-0.2, 0) is 12.0 Å². The van der Waals surface area contributed by atoms with Crippen LogP contribution >= 0.6 is 15.9 Å². The summed E-state index contributed by atoms with van der Waals surface area (Å²) in [6, 6.07) is 18.3. The van der Waals surface area contributed by atoms with Gasteiger partial charge >= 0.3 is 0 Å². The molecule has 0 saturated carbocycles. The molecule has 1 N–H and O–H groups in total. The molecule has 1 atom stereocenters. The number of rotatable bonds is 5. The molecule has 0 heterocycles.